The number of thioether (sulfide) groups is 2. The normalized spacial score (nSPS) is 11.1. The number of nitrogens with zero attached hydrogens (tertiary/aromatic N) is 2. The van der Waals surface area contributed by atoms with Crippen LogP contribution in [0.2, 0.25) is 0 Å². The Morgan fingerprint density at radius 2 is 1.43 bits per heavy atom. The second-order valence-electron chi connectivity index (χ2n) is 3.31. The first-order valence-electron chi connectivity index (χ1n) is 5.73. The summed E-state index contributed by atoms with van der Waals surface area (Å²) in [6.07, 6.45) is 6.18. The van der Waals surface area contributed by atoms with E-state index >= 15 is 0 Å². The molecule has 1 heterocycles. The van der Waals surface area contributed by atoms with E-state index in [9.17, 15) is 9.59 Å². The number of carbonyl (C=O) groups excluding carboxylic acids is 2. The van der Waals surface area contributed by atoms with Crippen molar-refractivity contribution >= 4 is 46.8 Å². The predicted molar refractivity (Wildman–Crippen MR) is 83.7 cm³/mol. The van der Waals surface area contributed by atoms with Crippen molar-refractivity contribution in [1.29, 1.82) is 0 Å². The van der Waals surface area contributed by atoms with Crippen LogP contribution in [0, 0.1) is 0 Å². The van der Waals surface area contributed by atoms with Gasteiger partial charge in [-0.15, -0.1) is 10.2 Å². The standard InChI is InChI=1S/C12H14N2O4S3/c1-17-9(15)5-3-7-19-11-13-14-12(21-11)20-8-4-6-10(16)18-2/h3-6H,7-8H2,1-2H3/b5-3-,6-4+. The lowest BCUT2D eigenvalue weighted by Gasteiger charge is -1.91. The number of hydrogen-bond acceptors (Lipinski definition) is 9. The Hall–Kier alpha value is -1.32. The largest absolute Gasteiger partial charge is 0.466 e. The molecule has 0 aliphatic carbocycles. The number of esters is 2. The molecule has 9 heteroatoms. The van der Waals surface area contributed by atoms with Crippen LogP contribution in [0.3, 0.4) is 0 Å². The highest BCUT2D eigenvalue weighted by Gasteiger charge is 2.04. The molecule has 0 spiro atoms. The number of ether oxygens (including phenoxy) is 2. The number of hydrogen-bond donors (Lipinski definition) is 0. The molecule has 6 nitrogen and oxygen atoms in total. The van der Waals surface area contributed by atoms with Crippen molar-refractivity contribution in [1.82, 2.24) is 10.2 Å². The van der Waals surface area contributed by atoms with E-state index < -0.39 is 0 Å². The van der Waals surface area contributed by atoms with Crippen LogP contribution in [0.25, 0.3) is 0 Å². The number of aromatic nitrogens is 2. The molecule has 1 aromatic heterocycles. The Labute approximate surface area is 135 Å². The zero-order chi connectivity index (χ0) is 15.5. The van der Waals surface area contributed by atoms with Gasteiger partial charge in [0.05, 0.1) is 14.2 Å². The van der Waals surface area contributed by atoms with Crippen LogP contribution in [0.15, 0.2) is 33.0 Å². The van der Waals surface area contributed by atoms with Crippen LogP contribution in [-0.2, 0) is 19.1 Å². The fraction of sp³-hybridized carbons (Fsp3) is 0.333. The first-order valence-corrected chi connectivity index (χ1v) is 8.52. The summed E-state index contributed by atoms with van der Waals surface area (Å²) in [4.78, 5) is 21.7. The molecule has 114 valence electrons. The molecule has 1 rings (SSSR count). The molecule has 0 atom stereocenters. The third kappa shape index (κ3) is 7.88. The summed E-state index contributed by atoms with van der Waals surface area (Å²) < 4.78 is 10.6. The molecule has 0 amide bonds. The monoisotopic (exact) mass is 346 g/mol. The third-order valence-electron chi connectivity index (χ3n) is 1.90. The van der Waals surface area contributed by atoms with Gasteiger partial charge in [0.2, 0.25) is 0 Å². The van der Waals surface area contributed by atoms with Crippen molar-refractivity contribution in [3.05, 3.63) is 24.3 Å². The lowest BCUT2D eigenvalue weighted by molar-refractivity contribution is -0.135. The molecule has 0 aromatic carbocycles. The van der Waals surface area contributed by atoms with E-state index in [2.05, 4.69) is 19.7 Å². The van der Waals surface area contributed by atoms with Crippen LogP contribution in [0.1, 0.15) is 0 Å². The Morgan fingerprint density at radius 1 is 1.00 bits per heavy atom. The summed E-state index contributed by atoms with van der Waals surface area (Å²) in [5.41, 5.74) is 0. The third-order valence-corrected chi connectivity index (χ3v) is 5.00. The maximum atomic E-state index is 10.9. The van der Waals surface area contributed by atoms with E-state index in [1.54, 1.807) is 12.2 Å². The van der Waals surface area contributed by atoms with E-state index in [1.807, 2.05) is 0 Å². The highest BCUT2D eigenvalue weighted by atomic mass is 32.2. The lowest BCUT2D eigenvalue weighted by Crippen LogP contribution is -1.93. The van der Waals surface area contributed by atoms with E-state index in [0.29, 0.717) is 11.5 Å². The van der Waals surface area contributed by atoms with Crippen LogP contribution >= 0.6 is 34.9 Å². The van der Waals surface area contributed by atoms with Gasteiger partial charge in [-0.2, -0.15) is 0 Å². The van der Waals surface area contributed by atoms with Crippen molar-refractivity contribution in [3.63, 3.8) is 0 Å². The Morgan fingerprint density at radius 3 is 1.81 bits per heavy atom. The SMILES string of the molecule is COC(=O)/C=C\CSc1nnc(SC/C=C/C(=O)OC)s1. The van der Waals surface area contributed by atoms with Gasteiger partial charge in [0.1, 0.15) is 0 Å². The van der Waals surface area contributed by atoms with Gasteiger partial charge in [0.25, 0.3) is 0 Å². The van der Waals surface area contributed by atoms with E-state index in [1.165, 1.54) is 61.2 Å². The van der Waals surface area contributed by atoms with Crippen molar-refractivity contribution in [3.8, 4) is 0 Å². The minimum atomic E-state index is -0.374. The zero-order valence-corrected chi connectivity index (χ0v) is 13.9. The van der Waals surface area contributed by atoms with Gasteiger partial charge in [0, 0.05) is 23.7 Å². The highest BCUT2D eigenvalue weighted by molar-refractivity contribution is 8.03. The van der Waals surface area contributed by atoms with E-state index in [0.717, 1.165) is 8.68 Å². The number of rotatable bonds is 8. The van der Waals surface area contributed by atoms with Crippen LogP contribution in [-0.4, -0.2) is 47.9 Å². The molecule has 0 bridgehead atoms. The van der Waals surface area contributed by atoms with Crippen LogP contribution in [0.4, 0.5) is 0 Å². The van der Waals surface area contributed by atoms with Crippen molar-refractivity contribution in [2.75, 3.05) is 25.7 Å². The summed E-state index contributed by atoms with van der Waals surface area (Å²) in [7, 11) is 2.67. The van der Waals surface area contributed by atoms with Gasteiger partial charge in [-0.3, -0.25) is 0 Å². The van der Waals surface area contributed by atoms with Gasteiger partial charge in [0.15, 0.2) is 8.68 Å². The van der Waals surface area contributed by atoms with Gasteiger partial charge in [-0.1, -0.05) is 47.0 Å². The molecule has 0 saturated heterocycles. The molecule has 0 fully saturated rings. The molecule has 0 aliphatic heterocycles. The quantitative estimate of drug-likeness (QED) is 0.403. The van der Waals surface area contributed by atoms with Crippen LogP contribution < -0.4 is 0 Å². The first-order chi connectivity index (χ1) is 10.2. The van der Waals surface area contributed by atoms with Crippen molar-refractivity contribution < 1.29 is 19.1 Å². The molecule has 0 radical (unpaired) electrons. The lowest BCUT2D eigenvalue weighted by atomic mass is 10.5. The molecule has 1 aromatic rings. The Kier molecular flexibility index (Phi) is 8.79. The molecule has 21 heavy (non-hydrogen) atoms. The van der Waals surface area contributed by atoms with Crippen molar-refractivity contribution in [2.45, 2.75) is 8.68 Å². The number of carbonyl (C=O) groups is 2. The van der Waals surface area contributed by atoms with Gasteiger partial charge < -0.3 is 9.47 Å². The zero-order valence-electron chi connectivity index (χ0n) is 11.5. The van der Waals surface area contributed by atoms with E-state index in [-0.39, 0.29) is 11.9 Å². The Balaban J connectivity index is 2.30. The molecule has 0 aliphatic rings. The summed E-state index contributed by atoms with van der Waals surface area (Å²) in [6, 6.07) is 0. The fourth-order valence-corrected chi connectivity index (χ4v) is 3.67. The maximum Gasteiger partial charge on any atom is 0.330 e. The second kappa shape index (κ2) is 10.4. The smallest absolute Gasteiger partial charge is 0.330 e. The van der Waals surface area contributed by atoms with Gasteiger partial charge in [-0.25, -0.2) is 9.59 Å². The fourth-order valence-electron chi connectivity index (χ4n) is 0.977. The second-order valence-corrected chi connectivity index (χ2v) is 6.82. The summed E-state index contributed by atoms with van der Waals surface area (Å²) in [5, 5.41) is 8.06. The van der Waals surface area contributed by atoms with Crippen molar-refractivity contribution in [2.24, 2.45) is 0 Å². The summed E-state index contributed by atoms with van der Waals surface area (Å²) in [6.45, 7) is 0. The topological polar surface area (TPSA) is 78.4 Å². The first kappa shape index (κ1) is 17.7. The molecular weight excluding hydrogens is 332 g/mol. The number of methoxy groups -OCH3 is 2. The molecule has 0 N–H and O–H groups in total. The molecular formula is C12H14N2O4S3. The molecule has 0 saturated carbocycles. The van der Waals surface area contributed by atoms with E-state index in [4.69, 9.17) is 0 Å². The maximum absolute atomic E-state index is 10.9. The Bertz CT molecular complexity index is 484. The van der Waals surface area contributed by atoms with Crippen LogP contribution in [0.5, 0.6) is 0 Å². The minimum Gasteiger partial charge on any atom is -0.466 e. The summed E-state index contributed by atoms with van der Waals surface area (Å²) >= 11 is 4.44. The average molecular weight is 346 g/mol. The van der Waals surface area contributed by atoms with Gasteiger partial charge >= 0.3 is 11.9 Å². The predicted octanol–water partition coefficient (Wildman–Crippen LogP) is 2.18. The summed E-state index contributed by atoms with van der Waals surface area (Å²) in [5.74, 6) is 0.496. The average Bonchev–Trinajstić information content (AvgIpc) is 2.95. The highest BCUT2D eigenvalue weighted by Crippen LogP contribution is 2.28. The molecule has 0 unspecified atom stereocenters. The minimum absolute atomic E-state index is 0.374. The van der Waals surface area contributed by atoms with Gasteiger partial charge in [-0.05, 0) is 0 Å².